The van der Waals surface area contributed by atoms with E-state index in [1.54, 1.807) is 0 Å². The van der Waals surface area contributed by atoms with Crippen LogP contribution < -0.4 is 5.32 Å². The summed E-state index contributed by atoms with van der Waals surface area (Å²) in [6, 6.07) is 11.1. The zero-order valence-electron chi connectivity index (χ0n) is 10.6. The number of hydrogen-bond acceptors (Lipinski definition) is 2. The van der Waals surface area contributed by atoms with Gasteiger partial charge in [-0.1, -0.05) is 32.0 Å². The van der Waals surface area contributed by atoms with Gasteiger partial charge in [-0.2, -0.15) is 0 Å². The Morgan fingerprint density at radius 1 is 1.18 bits per heavy atom. The first kappa shape index (κ1) is 12.1. The molecule has 0 spiro atoms. The van der Waals surface area contributed by atoms with Crippen molar-refractivity contribution >= 4 is 10.9 Å². The third-order valence-corrected chi connectivity index (χ3v) is 2.91. The molecule has 2 aromatic rings. The lowest BCUT2D eigenvalue weighted by molar-refractivity contribution is 0.571. The summed E-state index contributed by atoms with van der Waals surface area (Å²) in [6.07, 6.45) is 4.20. The van der Waals surface area contributed by atoms with Crippen LogP contribution in [0.4, 0.5) is 0 Å². The van der Waals surface area contributed by atoms with Gasteiger partial charge in [-0.15, -0.1) is 0 Å². The average Bonchev–Trinajstić information content (AvgIpc) is 2.34. The SMILES string of the molecule is CC(C)NCCCc1ccnc2ccccc12. The Hall–Kier alpha value is -1.41. The molecule has 0 saturated carbocycles. The number of aryl methyl sites for hydroxylation is 1. The Kier molecular flexibility index (Phi) is 4.10. The van der Waals surface area contributed by atoms with E-state index in [4.69, 9.17) is 0 Å². The fraction of sp³-hybridized carbons (Fsp3) is 0.400. The fourth-order valence-electron chi connectivity index (χ4n) is 2.04. The summed E-state index contributed by atoms with van der Waals surface area (Å²) in [5.41, 5.74) is 2.50. The molecular formula is C15H20N2. The maximum absolute atomic E-state index is 4.38. The minimum Gasteiger partial charge on any atom is -0.315 e. The third-order valence-electron chi connectivity index (χ3n) is 2.91. The van der Waals surface area contributed by atoms with E-state index in [9.17, 15) is 0 Å². The first-order valence-electron chi connectivity index (χ1n) is 6.33. The van der Waals surface area contributed by atoms with Crippen LogP contribution in [0.2, 0.25) is 0 Å². The molecule has 0 aliphatic rings. The zero-order chi connectivity index (χ0) is 12.1. The highest BCUT2D eigenvalue weighted by molar-refractivity contribution is 5.81. The van der Waals surface area contributed by atoms with Crippen molar-refractivity contribution in [3.8, 4) is 0 Å². The molecular weight excluding hydrogens is 208 g/mol. The number of nitrogens with zero attached hydrogens (tertiary/aromatic N) is 1. The van der Waals surface area contributed by atoms with Gasteiger partial charge in [0.2, 0.25) is 0 Å². The first-order valence-corrected chi connectivity index (χ1v) is 6.33. The molecule has 0 fully saturated rings. The smallest absolute Gasteiger partial charge is 0.0704 e. The van der Waals surface area contributed by atoms with Gasteiger partial charge in [0, 0.05) is 17.6 Å². The fourth-order valence-corrected chi connectivity index (χ4v) is 2.04. The van der Waals surface area contributed by atoms with Crippen LogP contribution in [-0.4, -0.2) is 17.6 Å². The van der Waals surface area contributed by atoms with E-state index in [2.05, 4.69) is 48.4 Å². The normalized spacial score (nSPS) is 11.2. The van der Waals surface area contributed by atoms with E-state index < -0.39 is 0 Å². The number of benzene rings is 1. The van der Waals surface area contributed by atoms with E-state index in [1.165, 1.54) is 17.4 Å². The molecule has 90 valence electrons. The number of para-hydroxylation sites is 1. The van der Waals surface area contributed by atoms with Gasteiger partial charge in [0.1, 0.15) is 0 Å². The minimum atomic E-state index is 0.573. The molecule has 0 aliphatic heterocycles. The molecule has 1 aromatic carbocycles. The Labute approximate surface area is 103 Å². The van der Waals surface area contributed by atoms with E-state index in [0.717, 1.165) is 18.5 Å². The van der Waals surface area contributed by atoms with Crippen molar-refractivity contribution in [1.82, 2.24) is 10.3 Å². The second-order valence-electron chi connectivity index (χ2n) is 4.70. The maximum atomic E-state index is 4.38. The number of nitrogens with one attached hydrogen (secondary N) is 1. The van der Waals surface area contributed by atoms with Crippen LogP contribution in [0.15, 0.2) is 36.5 Å². The molecule has 2 nitrogen and oxygen atoms in total. The van der Waals surface area contributed by atoms with Gasteiger partial charge in [0.25, 0.3) is 0 Å². The quantitative estimate of drug-likeness (QED) is 0.795. The summed E-state index contributed by atoms with van der Waals surface area (Å²) in [5.74, 6) is 0. The summed E-state index contributed by atoms with van der Waals surface area (Å²) in [5, 5.41) is 4.74. The highest BCUT2D eigenvalue weighted by Gasteiger charge is 2.01. The van der Waals surface area contributed by atoms with Gasteiger partial charge >= 0.3 is 0 Å². The van der Waals surface area contributed by atoms with Crippen molar-refractivity contribution in [3.05, 3.63) is 42.1 Å². The standard InChI is InChI=1S/C15H20N2/c1-12(2)16-10-5-6-13-9-11-17-15-8-4-3-7-14(13)15/h3-4,7-9,11-12,16H,5-6,10H2,1-2H3. The van der Waals surface area contributed by atoms with Crippen LogP contribution >= 0.6 is 0 Å². The second kappa shape index (κ2) is 5.78. The van der Waals surface area contributed by atoms with Crippen LogP contribution in [0.3, 0.4) is 0 Å². The topological polar surface area (TPSA) is 24.9 Å². The van der Waals surface area contributed by atoms with Gasteiger partial charge < -0.3 is 5.32 Å². The molecule has 0 amide bonds. The van der Waals surface area contributed by atoms with E-state index in [1.807, 2.05) is 12.3 Å². The molecule has 0 bridgehead atoms. The highest BCUT2D eigenvalue weighted by Crippen LogP contribution is 2.17. The number of fused-ring (bicyclic) bond motifs is 1. The van der Waals surface area contributed by atoms with Gasteiger partial charge in [0.05, 0.1) is 5.52 Å². The van der Waals surface area contributed by atoms with Gasteiger partial charge in [-0.25, -0.2) is 0 Å². The van der Waals surface area contributed by atoms with Crippen LogP contribution in [0.1, 0.15) is 25.8 Å². The average molecular weight is 228 g/mol. The lowest BCUT2D eigenvalue weighted by atomic mass is 10.0. The lowest BCUT2D eigenvalue weighted by Crippen LogP contribution is -2.23. The van der Waals surface area contributed by atoms with Crippen LogP contribution in [0.25, 0.3) is 10.9 Å². The van der Waals surface area contributed by atoms with Gasteiger partial charge in [-0.3, -0.25) is 4.98 Å². The summed E-state index contributed by atoms with van der Waals surface area (Å²) in [4.78, 5) is 4.38. The molecule has 1 N–H and O–H groups in total. The molecule has 1 aromatic heterocycles. The van der Waals surface area contributed by atoms with E-state index in [-0.39, 0.29) is 0 Å². The predicted octanol–water partition coefficient (Wildman–Crippen LogP) is 3.17. The Bertz CT molecular complexity index is 472. The molecule has 0 unspecified atom stereocenters. The second-order valence-corrected chi connectivity index (χ2v) is 4.70. The minimum absolute atomic E-state index is 0.573. The van der Waals surface area contributed by atoms with Crippen molar-refractivity contribution in [1.29, 1.82) is 0 Å². The molecule has 0 atom stereocenters. The number of hydrogen-bond donors (Lipinski definition) is 1. The molecule has 2 heteroatoms. The van der Waals surface area contributed by atoms with Crippen molar-refractivity contribution in [2.45, 2.75) is 32.7 Å². The van der Waals surface area contributed by atoms with Crippen molar-refractivity contribution in [3.63, 3.8) is 0 Å². The van der Waals surface area contributed by atoms with Crippen molar-refractivity contribution in [2.24, 2.45) is 0 Å². The molecule has 17 heavy (non-hydrogen) atoms. The van der Waals surface area contributed by atoms with Crippen LogP contribution in [0.5, 0.6) is 0 Å². The molecule has 0 saturated heterocycles. The first-order chi connectivity index (χ1) is 8.27. The maximum Gasteiger partial charge on any atom is 0.0704 e. The Balaban J connectivity index is 2.03. The highest BCUT2D eigenvalue weighted by atomic mass is 14.9. The van der Waals surface area contributed by atoms with Crippen LogP contribution in [0, 0.1) is 0 Å². The van der Waals surface area contributed by atoms with Crippen molar-refractivity contribution in [2.75, 3.05) is 6.54 Å². The molecule has 1 heterocycles. The monoisotopic (exact) mass is 228 g/mol. The van der Waals surface area contributed by atoms with Crippen LogP contribution in [-0.2, 0) is 6.42 Å². The van der Waals surface area contributed by atoms with Crippen molar-refractivity contribution < 1.29 is 0 Å². The number of rotatable bonds is 5. The molecule has 2 rings (SSSR count). The largest absolute Gasteiger partial charge is 0.315 e. The summed E-state index contributed by atoms with van der Waals surface area (Å²) < 4.78 is 0. The summed E-state index contributed by atoms with van der Waals surface area (Å²) >= 11 is 0. The molecule has 0 aliphatic carbocycles. The Morgan fingerprint density at radius 3 is 2.82 bits per heavy atom. The predicted molar refractivity (Wildman–Crippen MR) is 73.2 cm³/mol. The van der Waals surface area contributed by atoms with E-state index >= 15 is 0 Å². The van der Waals surface area contributed by atoms with Gasteiger partial charge in [-0.05, 0) is 37.1 Å². The van der Waals surface area contributed by atoms with Gasteiger partial charge in [0.15, 0.2) is 0 Å². The van der Waals surface area contributed by atoms with E-state index in [0.29, 0.717) is 6.04 Å². The molecule has 0 radical (unpaired) electrons. The number of aromatic nitrogens is 1. The number of pyridine rings is 1. The summed E-state index contributed by atoms with van der Waals surface area (Å²) in [7, 11) is 0. The third kappa shape index (κ3) is 3.27. The Morgan fingerprint density at radius 2 is 2.00 bits per heavy atom. The zero-order valence-corrected chi connectivity index (χ0v) is 10.6. The summed E-state index contributed by atoms with van der Waals surface area (Å²) in [6.45, 7) is 5.44. The lowest BCUT2D eigenvalue weighted by Gasteiger charge is -2.09.